The fourth-order valence-electron chi connectivity index (χ4n) is 2.46. The second kappa shape index (κ2) is 11.6. The zero-order valence-corrected chi connectivity index (χ0v) is 20.3. The molecule has 3 aromatic heterocycles. The molecule has 0 amide bonds. The van der Waals surface area contributed by atoms with Gasteiger partial charge in [-0.2, -0.15) is 14.6 Å². The highest BCUT2D eigenvalue weighted by atomic mass is 28.4. The van der Waals surface area contributed by atoms with Crippen LogP contribution in [0.5, 0.6) is 0 Å². The van der Waals surface area contributed by atoms with Gasteiger partial charge in [-0.25, -0.2) is 4.68 Å². The van der Waals surface area contributed by atoms with E-state index in [-0.39, 0.29) is 35.7 Å². The van der Waals surface area contributed by atoms with Crippen LogP contribution in [0.25, 0.3) is 26.8 Å². The van der Waals surface area contributed by atoms with E-state index in [2.05, 4.69) is 90.9 Å². The lowest BCUT2D eigenvalue weighted by Gasteiger charge is -2.17. The van der Waals surface area contributed by atoms with Gasteiger partial charge in [0.25, 0.3) is 11.9 Å². The van der Waals surface area contributed by atoms with Crippen LogP contribution in [0.15, 0.2) is 10.2 Å². The van der Waals surface area contributed by atoms with Gasteiger partial charge in [0.2, 0.25) is 23.8 Å². The third-order valence-electron chi connectivity index (χ3n) is 3.83. The van der Waals surface area contributed by atoms with Crippen molar-refractivity contribution in [3.63, 3.8) is 0 Å². The van der Waals surface area contributed by atoms with Gasteiger partial charge in [0.1, 0.15) is 0 Å². The third kappa shape index (κ3) is 7.28. The van der Waals surface area contributed by atoms with Gasteiger partial charge in [-0.3, -0.25) is 5.32 Å². The molecule has 184 valence electrons. The summed E-state index contributed by atoms with van der Waals surface area (Å²) in [5.74, 6) is 0.132. The summed E-state index contributed by atoms with van der Waals surface area (Å²) in [4.78, 5) is 13.5. The zero-order chi connectivity index (χ0) is 25.3. The number of azide groups is 2. The van der Waals surface area contributed by atoms with Gasteiger partial charge in [0, 0.05) is 23.5 Å². The number of methoxy groups -OCH3 is 1. The molecule has 35 heavy (non-hydrogen) atoms. The summed E-state index contributed by atoms with van der Waals surface area (Å²) in [6, 6.07) is 0. The number of ether oxygens (including phenoxy) is 1. The molecule has 0 radical (unpaired) electrons. The minimum absolute atomic E-state index is 0.0132. The number of aromatic nitrogens is 10. The Balaban J connectivity index is 1.78. The molecule has 3 rings (SSSR count). The van der Waals surface area contributed by atoms with Gasteiger partial charge in [-0.15, -0.1) is 30.6 Å². The van der Waals surface area contributed by atoms with E-state index in [1.807, 2.05) is 0 Å². The number of hydrogen-bond acceptors (Lipinski definition) is 14. The molecule has 0 aliphatic carbocycles. The molecule has 3 aromatic rings. The molecule has 0 fully saturated rings. The molecule has 0 spiro atoms. The maximum atomic E-state index is 8.70. The van der Waals surface area contributed by atoms with Gasteiger partial charge < -0.3 is 14.5 Å². The summed E-state index contributed by atoms with van der Waals surface area (Å²) in [6.07, 6.45) is 0. The van der Waals surface area contributed by atoms with Gasteiger partial charge >= 0.3 is 0 Å². The van der Waals surface area contributed by atoms with Gasteiger partial charge in [0.05, 0.1) is 19.8 Å². The molecule has 21 heteroatoms. The van der Waals surface area contributed by atoms with Crippen molar-refractivity contribution in [3.8, 4) is 5.95 Å². The lowest BCUT2D eigenvalue weighted by atomic mass is 10.7. The van der Waals surface area contributed by atoms with Crippen LogP contribution in [0.2, 0.25) is 19.6 Å². The van der Waals surface area contributed by atoms with Crippen LogP contribution >= 0.6 is 0 Å². The van der Waals surface area contributed by atoms with Crippen molar-refractivity contribution in [2.24, 2.45) is 10.2 Å². The summed E-state index contributed by atoms with van der Waals surface area (Å²) in [7, 11) is -0.141. The summed E-state index contributed by atoms with van der Waals surface area (Å²) >= 11 is 0. The third-order valence-corrected chi connectivity index (χ3v) is 4.90. The van der Waals surface area contributed by atoms with Crippen molar-refractivity contribution in [1.82, 2.24) is 49.9 Å². The van der Waals surface area contributed by atoms with Crippen LogP contribution in [-0.4, -0.2) is 85.1 Å². The van der Waals surface area contributed by atoms with Crippen molar-refractivity contribution in [2.45, 2.75) is 26.2 Å². The maximum Gasteiger partial charge on any atom is 0.292 e. The van der Waals surface area contributed by atoms with Crippen molar-refractivity contribution >= 4 is 38.1 Å². The molecule has 2 N–H and O–H groups in total. The van der Waals surface area contributed by atoms with Crippen LogP contribution in [0, 0.1) is 0 Å². The van der Waals surface area contributed by atoms with E-state index in [0.717, 1.165) is 0 Å². The highest BCUT2D eigenvalue weighted by molar-refractivity contribution is 6.69. The first kappa shape index (κ1) is 25.2. The van der Waals surface area contributed by atoms with Crippen molar-refractivity contribution in [2.75, 3.05) is 37.5 Å². The highest BCUT2D eigenvalue weighted by Gasteiger charge is 2.17. The zero-order valence-electron chi connectivity index (χ0n) is 19.3. The molecule has 0 unspecified atom stereocenters. The van der Waals surface area contributed by atoms with Gasteiger partial charge in [-0.05, 0) is 40.9 Å². The summed E-state index contributed by atoms with van der Waals surface area (Å²) in [5, 5.41) is 36.6. The molecule has 0 saturated carbocycles. The smallest absolute Gasteiger partial charge is 0.292 e. The van der Waals surface area contributed by atoms with Crippen LogP contribution in [-0.2, 0) is 15.7 Å². The molecule has 0 saturated heterocycles. The van der Waals surface area contributed by atoms with Crippen molar-refractivity contribution in [1.29, 1.82) is 0 Å². The Hall–Kier alpha value is -4.42. The van der Waals surface area contributed by atoms with E-state index in [1.165, 1.54) is 16.5 Å². The lowest BCUT2D eigenvalue weighted by Crippen LogP contribution is -2.28. The Kier molecular flexibility index (Phi) is 8.37. The SMILES string of the molecule is COCCn1nc(N=[N+]=[N-])nc1Nc1nnc(-n2nc(N=[N+]=[N-])nc2NCCO[Si](C)(C)C)nn1. The minimum atomic E-state index is -1.68. The molecule has 0 aromatic carbocycles. The number of nitrogens with zero attached hydrogens (tertiary/aromatic N) is 16. The molecule has 0 aliphatic rings. The fraction of sp³-hybridized carbons (Fsp3) is 0.571. The first-order valence-electron chi connectivity index (χ1n) is 10.1. The second-order valence-corrected chi connectivity index (χ2v) is 12.0. The first-order chi connectivity index (χ1) is 16.8. The lowest BCUT2D eigenvalue weighted by molar-refractivity contribution is 0.184. The molecule has 20 nitrogen and oxygen atoms in total. The average Bonchev–Trinajstić information content (AvgIpc) is 3.39. The largest absolute Gasteiger partial charge is 0.416 e. The molecule has 0 atom stereocenters. The summed E-state index contributed by atoms with van der Waals surface area (Å²) in [5.41, 5.74) is 17.3. The van der Waals surface area contributed by atoms with E-state index < -0.39 is 8.32 Å². The molecular formula is C14H22N18O2Si. The topological polar surface area (TPSA) is 253 Å². The molecule has 0 aliphatic heterocycles. The van der Waals surface area contributed by atoms with Gasteiger partial charge in [-0.1, -0.05) is 0 Å². The number of hydrogen-bond donors (Lipinski definition) is 2. The summed E-state index contributed by atoms with van der Waals surface area (Å²) in [6.45, 7) is 7.76. The van der Waals surface area contributed by atoms with Crippen LogP contribution in [0.1, 0.15) is 0 Å². The van der Waals surface area contributed by atoms with E-state index in [4.69, 9.17) is 20.2 Å². The molecular weight excluding hydrogens is 480 g/mol. The van der Waals surface area contributed by atoms with E-state index >= 15 is 0 Å². The Labute approximate surface area is 198 Å². The monoisotopic (exact) mass is 502 g/mol. The predicted octanol–water partition coefficient (Wildman–Crippen LogP) is 1.98. The maximum absolute atomic E-state index is 8.70. The Morgan fingerprint density at radius 2 is 1.60 bits per heavy atom. The number of anilines is 3. The van der Waals surface area contributed by atoms with Crippen LogP contribution in [0.4, 0.5) is 29.7 Å². The molecule has 3 heterocycles. The standard InChI is InChI=1S/C14H22N18O2Si/c1-33-8-6-31-13(20-10(27-31)23-29-15)18-9-21-25-14(26-22-9)32-12(19-11(28-32)24-30-16)17-5-7-34-35(2,3)4/h5-8H2,1-4H3,(H,17,19,28)(H,18,20,21,22,27). The first-order valence-corrected chi connectivity index (χ1v) is 13.5. The van der Waals surface area contributed by atoms with Gasteiger partial charge in [0.15, 0.2) is 8.32 Å². The predicted molar refractivity (Wildman–Crippen MR) is 123 cm³/mol. The highest BCUT2D eigenvalue weighted by Crippen LogP contribution is 2.17. The minimum Gasteiger partial charge on any atom is -0.416 e. The van der Waals surface area contributed by atoms with Crippen LogP contribution in [0.3, 0.4) is 0 Å². The number of rotatable bonds is 13. The van der Waals surface area contributed by atoms with E-state index in [9.17, 15) is 0 Å². The van der Waals surface area contributed by atoms with E-state index in [0.29, 0.717) is 26.3 Å². The van der Waals surface area contributed by atoms with Crippen molar-refractivity contribution < 1.29 is 9.16 Å². The Morgan fingerprint density at radius 1 is 0.943 bits per heavy atom. The quantitative estimate of drug-likeness (QED) is 0.112. The molecule has 0 bridgehead atoms. The van der Waals surface area contributed by atoms with E-state index in [1.54, 1.807) is 0 Å². The van der Waals surface area contributed by atoms with Crippen LogP contribution < -0.4 is 10.6 Å². The number of nitrogens with one attached hydrogen (secondary N) is 2. The Morgan fingerprint density at radius 3 is 2.23 bits per heavy atom. The fourth-order valence-corrected chi connectivity index (χ4v) is 3.17. The average molecular weight is 503 g/mol. The second-order valence-electron chi connectivity index (χ2n) is 7.51. The van der Waals surface area contributed by atoms with Crippen molar-refractivity contribution in [3.05, 3.63) is 20.9 Å². The summed E-state index contributed by atoms with van der Waals surface area (Å²) < 4.78 is 13.4. The Bertz CT molecular complexity index is 1220. The normalized spacial score (nSPS) is 11.0.